The number of sulfone groups is 1. The van der Waals surface area contributed by atoms with Gasteiger partial charge in [-0.3, -0.25) is 9.59 Å². The van der Waals surface area contributed by atoms with Gasteiger partial charge in [-0.2, -0.15) is 0 Å². The summed E-state index contributed by atoms with van der Waals surface area (Å²) in [5.41, 5.74) is 1.31. The Labute approximate surface area is 197 Å². The van der Waals surface area contributed by atoms with E-state index in [9.17, 15) is 23.1 Å². The summed E-state index contributed by atoms with van der Waals surface area (Å²) >= 11 is 7.26. The van der Waals surface area contributed by atoms with Crippen LogP contribution in [0.25, 0.3) is 10.4 Å². The van der Waals surface area contributed by atoms with E-state index in [0.29, 0.717) is 35.8 Å². The first-order valence-corrected chi connectivity index (χ1v) is 13.2. The second kappa shape index (κ2) is 11.2. The summed E-state index contributed by atoms with van der Waals surface area (Å²) in [6, 6.07) is 4.12. The Hall–Kier alpha value is -2.01. The van der Waals surface area contributed by atoms with Crippen LogP contribution < -0.4 is 10.6 Å². The minimum atomic E-state index is -3.48. The van der Waals surface area contributed by atoms with Crippen LogP contribution in [0.5, 0.6) is 0 Å². The first kappa shape index (κ1) is 26.2. The molecule has 0 unspecified atom stereocenters. The van der Waals surface area contributed by atoms with Crippen LogP contribution >= 0.6 is 22.9 Å². The number of benzene rings is 1. The number of carboxylic acid groups (broad SMARTS) is 1. The summed E-state index contributed by atoms with van der Waals surface area (Å²) in [4.78, 5) is 28.7. The number of carboxylic acids is 1. The molecule has 0 bridgehead atoms. The lowest BCUT2D eigenvalue weighted by Crippen LogP contribution is -2.38. The zero-order chi connectivity index (χ0) is 24.1. The van der Waals surface area contributed by atoms with Crippen molar-refractivity contribution >= 4 is 49.8 Å². The molecule has 0 aliphatic carbocycles. The Kier molecular flexibility index (Phi) is 9.20. The van der Waals surface area contributed by atoms with Crippen molar-refractivity contribution in [3.8, 4) is 10.4 Å². The maximum atomic E-state index is 12.3. The summed E-state index contributed by atoms with van der Waals surface area (Å²) in [6.07, 6.45) is 2.32. The van der Waals surface area contributed by atoms with Crippen LogP contribution in [0, 0.1) is 12.8 Å². The van der Waals surface area contributed by atoms with Crippen LogP contribution in [0.3, 0.4) is 0 Å². The molecule has 176 valence electrons. The van der Waals surface area contributed by atoms with Crippen LogP contribution in [-0.4, -0.2) is 49.2 Å². The smallest absolute Gasteiger partial charge is 0.320 e. The average molecular weight is 502 g/mol. The number of thiazole rings is 1. The number of nitrogens with zero attached hydrogens (tertiary/aromatic N) is 1. The SMILES string of the molecule is Cc1nc(NC(=O)CCCN[C@H](CC(C)C)C(=O)O)sc1-c1ccc(Cl)c(S(C)(=O)=O)c1. The molecule has 0 spiro atoms. The van der Waals surface area contributed by atoms with Gasteiger partial charge >= 0.3 is 5.97 Å². The maximum Gasteiger partial charge on any atom is 0.320 e. The quantitative estimate of drug-likeness (QED) is 0.397. The Morgan fingerprint density at radius 2 is 1.97 bits per heavy atom. The van der Waals surface area contributed by atoms with Crippen molar-refractivity contribution in [1.82, 2.24) is 10.3 Å². The van der Waals surface area contributed by atoms with E-state index in [1.807, 2.05) is 13.8 Å². The molecule has 1 heterocycles. The lowest BCUT2D eigenvalue weighted by Gasteiger charge is -2.16. The third kappa shape index (κ3) is 7.54. The van der Waals surface area contributed by atoms with Crippen LogP contribution in [-0.2, 0) is 19.4 Å². The highest BCUT2D eigenvalue weighted by Crippen LogP contribution is 2.35. The maximum absolute atomic E-state index is 12.3. The predicted octanol–water partition coefficient (Wildman–Crippen LogP) is 3.98. The van der Waals surface area contributed by atoms with Crippen LogP contribution in [0.1, 0.15) is 38.8 Å². The fourth-order valence-electron chi connectivity index (χ4n) is 3.10. The number of amides is 1. The number of nitrogens with one attached hydrogen (secondary N) is 2. The van der Waals surface area contributed by atoms with E-state index in [1.165, 1.54) is 23.5 Å². The normalized spacial score (nSPS) is 12.7. The van der Waals surface area contributed by atoms with Crippen molar-refractivity contribution in [1.29, 1.82) is 0 Å². The highest BCUT2D eigenvalue weighted by molar-refractivity contribution is 7.90. The molecular weight excluding hydrogens is 474 g/mol. The number of halogens is 1. The third-order valence-electron chi connectivity index (χ3n) is 4.61. The van der Waals surface area contributed by atoms with Gasteiger partial charge in [0.1, 0.15) is 6.04 Å². The molecule has 1 amide bonds. The molecular formula is C21H28ClN3O5S2. The highest BCUT2D eigenvalue weighted by atomic mass is 35.5. The molecule has 1 atom stereocenters. The summed E-state index contributed by atoms with van der Waals surface area (Å²) in [6.45, 7) is 6.11. The zero-order valence-corrected chi connectivity index (χ0v) is 20.8. The monoisotopic (exact) mass is 501 g/mol. The molecule has 3 N–H and O–H groups in total. The summed E-state index contributed by atoms with van der Waals surface area (Å²) in [5.74, 6) is -0.866. The molecule has 0 fully saturated rings. The van der Waals surface area contributed by atoms with E-state index in [-0.39, 0.29) is 28.2 Å². The zero-order valence-electron chi connectivity index (χ0n) is 18.4. The number of hydrogen-bond donors (Lipinski definition) is 3. The Bertz CT molecular complexity index is 1080. The van der Waals surface area contributed by atoms with Gasteiger partial charge in [0.05, 0.1) is 20.5 Å². The summed E-state index contributed by atoms with van der Waals surface area (Å²) in [5, 5.41) is 15.5. The van der Waals surface area contributed by atoms with Crippen LogP contribution in [0.15, 0.2) is 23.1 Å². The van der Waals surface area contributed by atoms with Gasteiger partial charge in [-0.05, 0) is 49.9 Å². The van der Waals surface area contributed by atoms with Gasteiger partial charge in [-0.15, -0.1) is 0 Å². The van der Waals surface area contributed by atoms with Crippen molar-refractivity contribution in [3.63, 3.8) is 0 Å². The fraction of sp³-hybridized carbons (Fsp3) is 0.476. The summed E-state index contributed by atoms with van der Waals surface area (Å²) in [7, 11) is -3.48. The van der Waals surface area contributed by atoms with Gasteiger partial charge in [-0.25, -0.2) is 13.4 Å². The van der Waals surface area contributed by atoms with E-state index in [4.69, 9.17) is 11.6 Å². The van der Waals surface area contributed by atoms with Gasteiger partial charge in [0.15, 0.2) is 15.0 Å². The Balaban J connectivity index is 1.98. The number of hydrogen-bond acceptors (Lipinski definition) is 7. The second-order valence-electron chi connectivity index (χ2n) is 7.98. The molecule has 32 heavy (non-hydrogen) atoms. The lowest BCUT2D eigenvalue weighted by atomic mass is 10.0. The number of aliphatic carboxylic acids is 1. The molecule has 0 saturated heterocycles. The van der Waals surface area contributed by atoms with E-state index in [1.54, 1.807) is 13.0 Å². The standard InChI is InChI=1S/C21H28ClN3O5S2/c1-12(2)10-16(20(27)28)23-9-5-6-18(26)25-21-24-13(3)19(31-21)14-7-8-15(22)17(11-14)32(4,29)30/h7-8,11-12,16,23H,5-6,9-10H2,1-4H3,(H,27,28)(H,24,25,26)/t16-/m1/s1. The molecule has 0 radical (unpaired) electrons. The predicted molar refractivity (Wildman–Crippen MR) is 127 cm³/mol. The molecule has 1 aromatic heterocycles. The van der Waals surface area contributed by atoms with Crippen molar-refractivity contribution in [2.75, 3.05) is 18.1 Å². The topological polar surface area (TPSA) is 125 Å². The van der Waals surface area contributed by atoms with Gasteiger partial charge in [0.2, 0.25) is 5.91 Å². The van der Waals surface area contributed by atoms with E-state index in [2.05, 4.69) is 15.6 Å². The molecule has 1 aromatic carbocycles. The second-order valence-corrected chi connectivity index (χ2v) is 11.4. The molecule has 0 aliphatic rings. The van der Waals surface area contributed by atoms with Crippen LogP contribution in [0.2, 0.25) is 5.02 Å². The van der Waals surface area contributed by atoms with Crippen molar-refractivity contribution in [2.45, 2.75) is 51.0 Å². The first-order chi connectivity index (χ1) is 14.9. The van der Waals surface area contributed by atoms with E-state index < -0.39 is 21.8 Å². The number of carbonyl (C=O) groups excluding carboxylic acids is 1. The number of rotatable bonds is 11. The first-order valence-electron chi connectivity index (χ1n) is 10.1. The minimum Gasteiger partial charge on any atom is -0.480 e. The Morgan fingerprint density at radius 3 is 2.56 bits per heavy atom. The Morgan fingerprint density at radius 1 is 1.28 bits per heavy atom. The molecule has 11 heteroatoms. The number of carbonyl (C=O) groups is 2. The minimum absolute atomic E-state index is 0.0414. The molecule has 0 aliphatic heterocycles. The number of aryl methyl sites for hydroxylation is 1. The van der Waals surface area contributed by atoms with Gasteiger partial charge in [-0.1, -0.05) is 42.9 Å². The van der Waals surface area contributed by atoms with Crippen LogP contribution in [0.4, 0.5) is 5.13 Å². The number of aromatic nitrogens is 1. The third-order valence-corrected chi connectivity index (χ3v) is 7.31. The van der Waals surface area contributed by atoms with E-state index >= 15 is 0 Å². The van der Waals surface area contributed by atoms with Crippen molar-refractivity contribution < 1.29 is 23.1 Å². The van der Waals surface area contributed by atoms with Crippen molar-refractivity contribution in [2.24, 2.45) is 5.92 Å². The molecule has 2 aromatic rings. The largest absolute Gasteiger partial charge is 0.480 e. The van der Waals surface area contributed by atoms with Gasteiger partial charge in [0, 0.05) is 12.7 Å². The lowest BCUT2D eigenvalue weighted by molar-refractivity contribution is -0.139. The molecule has 8 nitrogen and oxygen atoms in total. The van der Waals surface area contributed by atoms with Crippen molar-refractivity contribution in [3.05, 3.63) is 28.9 Å². The average Bonchev–Trinajstić information content (AvgIpc) is 3.03. The van der Waals surface area contributed by atoms with E-state index in [0.717, 1.165) is 11.1 Å². The number of anilines is 1. The van der Waals surface area contributed by atoms with Gasteiger partial charge < -0.3 is 15.7 Å². The summed E-state index contributed by atoms with van der Waals surface area (Å²) < 4.78 is 23.9. The highest BCUT2D eigenvalue weighted by Gasteiger charge is 2.19. The van der Waals surface area contributed by atoms with Gasteiger partial charge in [0.25, 0.3) is 0 Å². The molecule has 2 rings (SSSR count). The molecule has 0 saturated carbocycles. The fourth-order valence-corrected chi connectivity index (χ4v) is 5.38.